The summed E-state index contributed by atoms with van der Waals surface area (Å²) in [6.07, 6.45) is -3.87. The lowest BCUT2D eigenvalue weighted by Gasteiger charge is -2.11. The molecule has 7 nitrogen and oxygen atoms in total. The molecule has 0 unspecified atom stereocenters. The molecule has 0 radical (unpaired) electrons. The minimum absolute atomic E-state index is 0.670. The van der Waals surface area contributed by atoms with Gasteiger partial charge in [0.2, 0.25) is 14.0 Å². The van der Waals surface area contributed by atoms with Gasteiger partial charge in [-0.3, -0.25) is 9.36 Å². The maximum absolute atomic E-state index is 10.9. The van der Waals surface area contributed by atoms with Gasteiger partial charge in [-0.25, -0.2) is 9.59 Å². The average molecular weight is 236 g/mol. The maximum Gasteiger partial charge on any atom is 0.344 e. The molecule has 0 spiro atoms. The highest BCUT2D eigenvalue weighted by molar-refractivity contribution is 7.46. The Morgan fingerprint density at radius 3 is 2.33 bits per heavy atom. The van der Waals surface area contributed by atoms with Crippen LogP contribution < -0.4 is 0 Å². The molecule has 0 amide bonds. The largest absolute Gasteiger partial charge is 0.479 e. The van der Waals surface area contributed by atoms with Crippen LogP contribution >= 0.6 is 8.46 Å². The third-order valence-electron chi connectivity index (χ3n) is 1.38. The van der Waals surface area contributed by atoms with Crippen LogP contribution in [0.1, 0.15) is 13.3 Å². The maximum atomic E-state index is 10.9. The molecular weight excluding hydrogens is 227 g/mol. The summed E-state index contributed by atoms with van der Waals surface area (Å²) in [5.41, 5.74) is -0.873. The minimum atomic E-state index is -1.79. The van der Waals surface area contributed by atoms with Crippen LogP contribution in [0.3, 0.4) is 0 Å². The highest BCUT2D eigenvalue weighted by atomic mass is 31.1. The van der Waals surface area contributed by atoms with Crippen molar-refractivity contribution in [2.24, 2.45) is 0 Å². The predicted octanol–water partition coefficient (Wildman–Crippen LogP) is -0.428. The summed E-state index contributed by atoms with van der Waals surface area (Å²) in [5, 5.41) is 17.4. The standard InChI is InChI=1S/C7H9O7P/c1-3(6(10)11)14-7(12)4(8)2-5(9)15-13/h3-4,8H,2H2,1H3,(H,10,11)/t3-,4-/m0/s1. The topological polar surface area (TPSA) is 118 Å². The summed E-state index contributed by atoms with van der Waals surface area (Å²) in [6, 6.07) is 0. The number of rotatable bonds is 6. The second-order valence-electron chi connectivity index (χ2n) is 2.62. The Balaban J connectivity index is 4.15. The zero-order valence-electron chi connectivity index (χ0n) is 7.74. The number of carbonyl (C=O) groups excluding carboxylic acids is 2. The van der Waals surface area contributed by atoms with Crippen LogP contribution in [-0.2, 0) is 23.7 Å². The Kier molecular flexibility index (Phi) is 5.66. The van der Waals surface area contributed by atoms with Crippen molar-refractivity contribution in [2.75, 3.05) is 0 Å². The first kappa shape index (κ1) is 13.7. The van der Waals surface area contributed by atoms with Gasteiger partial charge in [-0.2, -0.15) is 0 Å². The van der Waals surface area contributed by atoms with E-state index in [1.54, 1.807) is 0 Å². The van der Waals surface area contributed by atoms with Crippen molar-refractivity contribution in [2.45, 2.75) is 25.6 Å². The van der Waals surface area contributed by atoms with Gasteiger partial charge in [-0.15, -0.1) is 0 Å². The van der Waals surface area contributed by atoms with E-state index in [0.29, 0.717) is 0 Å². The van der Waals surface area contributed by atoms with Gasteiger partial charge >= 0.3 is 11.9 Å². The Labute approximate surface area is 86.2 Å². The number of aliphatic hydroxyl groups excluding tert-OH is 1. The zero-order valence-corrected chi connectivity index (χ0v) is 8.64. The van der Waals surface area contributed by atoms with Crippen molar-refractivity contribution in [1.29, 1.82) is 0 Å². The Bertz CT molecular complexity index is 287. The lowest BCUT2D eigenvalue weighted by molar-refractivity contribution is -0.169. The van der Waals surface area contributed by atoms with Gasteiger partial charge in [0.05, 0.1) is 6.42 Å². The molecule has 84 valence electrons. The molecule has 0 heterocycles. The molecular formula is C7H9O7P. The molecule has 8 heteroatoms. The Morgan fingerprint density at radius 1 is 1.40 bits per heavy atom. The van der Waals surface area contributed by atoms with Crippen molar-refractivity contribution < 1.29 is 33.9 Å². The second-order valence-corrected chi connectivity index (χ2v) is 3.30. The van der Waals surface area contributed by atoms with Crippen LogP contribution in [0.15, 0.2) is 0 Å². The van der Waals surface area contributed by atoms with Crippen LogP contribution in [0.25, 0.3) is 0 Å². The molecule has 0 saturated carbocycles. The number of hydrogen-bond donors (Lipinski definition) is 2. The molecule has 0 aromatic heterocycles. The summed E-state index contributed by atoms with van der Waals surface area (Å²) in [7, 11) is -0.821. The van der Waals surface area contributed by atoms with E-state index < -0.39 is 44.6 Å². The molecule has 2 atom stereocenters. The normalized spacial score (nSPS) is 14.3. The quantitative estimate of drug-likeness (QED) is 0.474. The van der Waals surface area contributed by atoms with Crippen LogP contribution in [0.2, 0.25) is 0 Å². The highest BCUT2D eigenvalue weighted by Gasteiger charge is 2.24. The molecule has 0 aliphatic rings. The van der Waals surface area contributed by atoms with Gasteiger partial charge in [0.1, 0.15) is 0 Å². The molecule has 2 N–H and O–H groups in total. The third kappa shape index (κ3) is 5.19. The summed E-state index contributed by atoms with van der Waals surface area (Å²) in [5.74, 6) is -2.61. The van der Waals surface area contributed by atoms with E-state index in [-0.39, 0.29) is 0 Å². The van der Waals surface area contributed by atoms with E-state index in [2.05, 4.69) is 4.74 Å². The van der Waals surface area contributed by atoms with Gasteiger partial charge in [-0.05, 0) is 6.92 Å². The van der Waals surface area contributed by atoms with Gasteiger partial charge in [0.15, 0.2) is 12.2 Å². The molecule has 0 saturated heterocycles. The van der Waals surface area contributed by atoms with Crippen LogP contribution in [0, 0.1) is 0 Å². The van der Waals surface area contributed by atoms with Crippen molar-refractivity contribution in [3.8, 4) is 0 Å². The molecule has 0 bridgehead atoms. The fraction of sp³-hybridized carbons (Fsp3) is 0.571. The van der Waals surface area contributed by atoms with Gasteiger partial charge in [-0.1, -0.05) is 0 Å². The lowest BCUT2D eigenvalue weighted by atomic mass is 10.3. The SMILES string of the molecule is C[C@H](OC(=O)[C@@H](O)CC(=O)P=O)C(=O)O. The van der Waals surface area contributed by atoms with Crippen molar-refractivity contribution in [3.63, 3.8) is 0 Å². The predicted molar refractivity (Wildman–Crippen MR) is 46.4 cm³/mol. The number of aliphatic carboxylic acids is 1. The second kappa shape index (κ2) is 6.21. The molecule has 0 aromatic carbocycles. The molecule has 0 aliphatic carbocycles. The number of carboxylic acid groups (broad SMARTS) is 1. The zero-order chi connectivity index (χ0) is 12.0. The lowest BCUT2D eigenvalue weighted by Crippen LogP contribution is -2.31. The van der Waals surface area contributed by atoms with Gasteiger partial charge in [0.25, 0.3) is 0 Å². The van der Waals surface area contributed by atoms with Crippen molar-refractivity contribution in [3.05, 3.63) is 0 Å². The summed E-state index contributed by atoms with van der Waals surface area (Å²) in [6.45, 7) is 1.10. The van der Waals surface area contributed by atoms with Gasteiger partial charge in [0, 0.05) is 0 Å². The number of carbonyl (C=O) groups is 3. The molecule has 0 aromatic rings. The van der Waals surface area contributed by atoms with E-state index in [1.807, 2.05) is 0 Å². The average Bonchev–Trinajstić information content (AvgIpc) is 2.16. The smallest absolute Gasteiger partial charge is 0.344 e. The first-order valence-corrected chi connectivity index (χ1v) is 4.67. The van der Waals surface area contributed by atoms with Crippen LogP contribution in [0.4, 0.5) is 0 Å². The van der Waals surface area contributed by atoms with E-state index in [9.17, 15) is 18.9 Å². The summed E-state index contributed by atoms with van der Waals surface area (Å²) >= 11 is 0. The molecule has 15 heavy (non-hydrogen) atoms. The van der Waals surface area contributed by atoms with Crippen molar-refractivity contribution in [1.82, 2.24) is 0 Å². The van der Waals surface area contributed by atoms with Crippen LogP contribution in [-0.4, -0.2) is 39.9 Å². The van der Waals surface area contributed by atoms with E-state index in [1.165, 1.54) is 0 Å². The number of hydrogen-bond acceptors (Lipinski definition) is 6. The van der Waals surface area contributed by atoms with Crippen molar-refractivity contribution >= 4 is 25.9 Å². The molecule has 0 rings (SSSR count). The van der Waals surface area contributed by atoms with E-state index >= 15 is 0 Å². The summed E-state index contributed by atoms with van der Waals surface area (Å²) in [4.78, 5) is 31.7. The van der Waals surface area contributed by atoms with E-state index in [4.69, 9.17) is 10.2 Å². The Hall–Kier alpha value is -1.33. The number of ether oxygens (including phenoxy) is 1. The number of carboxylic acids is 1. The highest BCUT2D eigenvalue weighted by Crippen LogP contribution is 2.06. The number of aliphatic hydroxyl groups is 1. The van der Waals surface area contributed by atoms with Gasteiger partial charge < -0.3 is 14.9 Å². The first-order valence-electron chi connectivity index (χ1n) is 3.86. The first-order chi connectivity index (χ1) is 6.88. The monoisotopic (exact) mass is 236 g/mol. The fourth-order valence-corrected chi connectivity index (χ4v) is 0.837. The Morgan fingerprint density at radius 2 is 1.93 bits per heavy atom. The minimum Gasteiger partial charge on any atom is -0.479 e. The fourth-order valence-electron chi connectivity index (χ4n) is 0.589. The molecule has 0 fully saturated rings. The van der Waals surface area contributed by atoms with E-state index in [0.717, 1.165) is 6.92 Å². The molecule has 0 aliphatic heterocycles. The number of esters is 1. The summed E-state index contributed by atoms with van der Waals surface area (Å²) < 4.78 is 14.3. The van der Waals surface area contributed by atoms with Crippen LogP contribution in [0.5, 0.6) is 0 Å². The third-order valence-corrected chi connectivity index (χ3v) is 1.77.